The summed E-state index contributed by atoms with van der Waals surface area (Å²) in [5.74, 6) is 0. The van der Waals surface area contributed by atoms with Gasteiger partial charge in [0, 0.05) is 0 Å². The molecule has 0 aromatic carbocycles. The van der Waals surface area contributed by atoms with Crippen molar-refractivity contribution >= 4 is 61.1 Å². The van der Waals surface area contributed by atoms with Crippen LogP contribution in [0.15, 0.2) is 0 Å². The van der Waals surface area contributed by atoms with E-state index in [0.29, 0.717) is 0 Å². The SMILES string of the molecule is I.O=C(O)[AsH][Te]. The zero-order valence-electron chi connectivity index (χ0n) is 2.67. The normalized spacial score (nSPS) is 8.17. The van der Waals surface area contributed by atoms with Gasteiger partial charge in [0.05, 0.1) is 0 Å². The molecule has 0 aliphatic carbocycles. The van der Waals surface area contributed by atoms with Crippen molar-refractivity contribution in [3.8, 4) is 0 Å². The number of carboxylic acid groups (broad SMARTS) is 1. The fourth-order valence-corrected chi connectivity index (χ4v) is 0. The summed E-state index contributed by atoms with van der Waals surface area (Å²) in [4.78, 5) is 9.43. The molecule has 0 aliphatic rings. The molecule has 0 saturated carbocycles. The molecule has 5 heteroatoms. The maximum atomic E-state index is 9.43. The number of hydrogen-bond acceptors (Lipinski definition) is 1. The Labute approximate surface area is 70.1 Å². The van der Waals surface area contributed by atoms with Crippen LogP contribution in [0.4, 0.5) is 4.79 Å². The molecule has 0 amide bonds. The van der Waals surface area contributed by atoms with Crippen LogP contribution in [0.1, 0.15) is 0 Å². The molecule has 1 atom stereocenters. The monoisotopic (exact) mass is 379 g/mol. The summed E-state index contributed by atoms with van der Waals surface area (Å²) in [7, 11) is 0. The molecule has 6 heavy (non-hydrogen) atoms. The third-order valence-corrected chi connectivity index (χ3v) is 3.04. The van der Waals surface area contributed by atoms with Gasteiger partial charge in [-0.25, -0.2) is 0 Å². The quantitative estimate of drug-likeness (QED) is 0.509. The summed E-state index contributed by atoms with van der Waals surface area (Å²) in [6.07, 6.45) is 0. The third-order valence-electron chi connectivity index (χ3n) is 0.0873. The first-order valence-corrected chi connectivity index (χ1v) is 8.84. The van der Waals surface area contributed by atoms with Gasteiger partial charge in [-0.05, 0) is 0 Å². The number of carbonyl (C=O) groups is 1. The predicted molar refractivity (Wildman–Crippen MR) is 36.3 cm³/mol. The standard InChI is InChI=1S/CH2AsO2Te.HI/c3-1(4)2-5;/h2H,(H,3,4);1H. The van der Waals surface area contributed by atoms with Gasteiger partial charge in [-0.15, -0.1) is 24.0 Å². The van der Waals surface area contributed by atoms with Crippen molar-refractivity contribution in [3.63, 3.8) is 0 Å². The first kappa shape index (κ1) is 10.5. The average molecular weight is 376 g/mol. The summed E-state index contributed by atoms with van der Waals surface area (Å²) in [5, 5.41) is 7.78. The molecule has 0 bridgehead atoms. The molecular formula is CH3AsIO2Te. The zero-order valence-corrected chi connectivity index (χ0v) is 9.43. The number of rotatable bonds is 1. The Morgan fingerprint density at radius 2 is 2.00 bits per heavy atom. The van der Waals surface area contributed by atoms with Crippen LogP contribution in [-0.4, -0.2) is 42.2 Å². The summed E-state index contributed by atoms with van der Waals surface area (Å²) >= 11 is 1.04. The van der Waals surface area contributed by atoms with Crippen LogP contribution >= 0.6 is 24.0 Å². The van der Waals surface area contributed by atoms with Crippen molar-refractivity contribution in [2.24, 2.45) is 0 Å². The van der Waals surface area contributed by atoms with Crippen LogP contribution in [0.2, 0.25) is 0 Å². The van der Waals surface area contributed by atoms with Gasteiger partial charge in [0.25, 0.3) is 0 Å². The summed E-state index contributed by atoms with van der Waals surface area (Å²) < 4.78 is -0.616. The maximum absolute atomic E-state index is 9.43. The van der Waals surface area contributed by atoms with Crippen molar-refractivity contribution in [2.75, 3.05) is 0 Å². The Kier molecular flexibility index (Phi) is 11.5. The van der Waals surface area contributed by atoms with E-state index in [4.69, 9.17) is 5.11 Å². The first-order chi connectivity index (χ1) is 2.27. The van der Waals surface area contributed by atoms with Gasteiger partial charge >= 0.3 is 47.0 Å². The Morgan fingerprint density at radius 1 is 1.83 bits per heavy atom. The number of halogens is 1. The fourth-order valence-electron chi connectivity index (χ4n) is 0. The molecule has 0 fully saturated rings. The van der Waals surface area contributed by atoms with Gasteiger partial charge in [-0.1, -0.05) is 0 Å². The van der Waals surface area contributed by atoms with Crippen LogP contribution < -0.4 is 0 Å². The van der Waals surface area contributed by atoms with E-state index in [1.54, 1.807) is 19.9 Å². The van der Waals surface area contributed by atoms with Gasteiger partial charge in [0.15, 0.2) is 0 Å². The molecule has 0 aromatic heterocycles. The van der Waals surface area contributed by atoms with Crippen LogP contribution in [0.5, 0.6) is 0 Å². The van der Waals surface area contributed by atoms with Crippen LogP contribution in [0, 0.1) is 0 Å². The average Bonchev–Trinajstić information content (AvgIpc) is 1.38. The zero-order chi connectivity index (χ0) is 4.28. The Hall–Kier alpha value is 1.55. The Bertz CT molecular complexity index is 48.8. The molecule has 1 N–H and O–H groups in total. The van der Waals surface area contributed by atoms with Gasteiger partial charge in [0.2, 0.25) is 0 Å². The molecule has 1 unspecified atom stereocenters. The van der Waals surface area contributed by atoms with E-state index in [1.807, 2.05) is 0 Å². The molecule has 1 radical (unpaired) electrons. The van der Waals surface area contributed by atoms with E-state index < -0.39 is 17.2 Å². The van der Waals surface area contributed by atoms with Crippen molar-refractivity contribution in [2.45, 2.75) is 0 Å². The van der Waals surface area contributed by atoms with Crippen molar-refractivity contribution < 1.29 is 9.90 Å². The molecule has 0 rings (SSSR count). The van der Waals surface area contributed by atoms with Gasteiger partial charge in [-0.3, -0.25) is 0 Å². The molecule has 0 aromatic rings. The minimum atomic E-state index is -0.629. The van der Waals surface area contributed by atoms with Crippen molar-refractivity contribution in [1.29, 1.82) is 0 Å². The molecule has 2 nitrogen and oxygen atoms in total. The van der Waals surface area contributed by atoms with Crippen molar-refractivity contribution in [1.82, 2.24) is 0 Å². The van der Waals surface area contributed by atoms with Crippen molar-refractivity contribution in [3.05, 3.63) is 0 Å². The summed E-state index contributed by atoms with van der Waals surface area (Å²) in [6.45, 7) is 0. The van der Waals surface area contributed by atoms with Gasteiger partial charge in [0.1, 0.15) is 0 Å². The Morgan fingerprint density at radius 3 is 2.00 bits per heavy atom. The number of hydrogen-bond donors (Lipinski definition) is 1. The van der Waals surface area contributed by atoms with Crippen LogP contribution in [0.3, 0.4) is 0 Å². The Balaban J connectivity index is 0. The van der Waals surface area contributed by atoms with Gasteiger partial charge < -0.3 is 0 Å². The summed E-state index contributed by atoms with van der Waals surface area (Å²) in [5.41, 5.74) is 0. The van der Waals surface area contributed by atoms with Crippen LogP contribution in [0.25, 0.3) is 0 Å². The minimum absolute atomic E-state index is 0. The molecule has 37 valence electrons. The molecule has 0 heterocycles. The topological polar surface area (TPSA) is 37.3 Å². The predicted octanol–water partition coefficient (Wildman–Crippen LogP) is -0.198. The first-order valence-electron chi connectivity index (χ1n) is 0.882. The third kappa shape index (κ3) is 9.12. The summed E-state index contributed by atoms with van der Waals surface area (Å²) in [6, 6.07) is 0. The van der Waals surface area contributed by atoms with Crippen LogP contribution in [-0.2, 0) is 0 Å². The molecule has 0 saturated heterocycles. The van der Waals surface area contributed by atoms with Gasteiger partial charge in [-0.2, -0.15) is 0 Å². The molecule has 0 aliphatic heterocycles. The van der Waals surface area contributed by atoms with E-state index >= 15 is 0 Å². The van der Waals surface area contributed by atoms with E-state index in [0.717, 1.165) is 0 Å². The van der Waals surface area contributed by atoms with E-state index in [9.17, 15) is 4.79 Å². The molecule has 0 spiro atoms. The van der Waals surface area contributed by atoms with E-state index in [1.165, 1.54) is 0 Å². The molecular weight excluding hydrogens is 373 g/mol. The second-order valence-electron chi connectivity index (χ2n) is 0.407. The fraction of sp³-hybridized carbons (Fsp3) is 0. The van der Waals surface area contributed by atoms with E-state index in [-0.39, 0.29) is 24.0 Å². The second-order valence-corrected chi connectivity index (χ2v) is 4.76. The van der Waals surface area contributed by atoms with E-state index in [2.05, 4.69) is 0 Å². The second kappa shape index (κ2) is 6.55.